The van der Waals surface area contributed by atoms with Crippen LogP contribution in [0, 0.1) is 0 Å². The molecule has 1 aliphatic rings. The highest BCUT2D eigenvalue weighted by Crippen LogP contribution is 2.34. The lowest BCUT2D eigenvalue weighted by atomic mass is 10.1. The zero-order valence-corrected chi connectivity index (χ0v) is 20.4. The second kappa shape index (κ2) is 10.4. The number of rotatable bonds is 9. The average Bonchev–Trinajstić information content (AvgIpc) is 3.45. The number of anilines is 1. The van der Waals surface area contributed by atoms with Gasteiger partial charge in [-0.05, 0) is 73.5 Å². The maximum absolute atomic E-state index is 12.9. The number of unbranched alkanes of at least 4 members (excludes halogenated alkanes) is 1. The highest BCUT2D eigenvalue weighted by atomic mass is 35.5. The molecule has 1 aliphatic heterocycles. The summed E-state index contributed by atoms with van der Waals surface area (Å²) in [7, 11) is 1.64. The molecule has 5 rings (SSSR count). The molecular weight excluding hydrogens is 462 g/mol. The molecule has 1 amide bonds. The van der Waals surface area contributed by atoms with E-state index in [0.717, 1.165) is 53.4 Å². The second-order valence-corrected chi connectivity index (χ2v) is 9.16. The average molecular weight is 490 g/mol. The number of methoxy groups -OCH3 is 1. The smallest absolute Gasteiger partial charge is 0.227 e. The predicted octanol–water partition coefficient (Wildman–Crippen LogP) is 6.08. The highest BCUT2D eigenvalue weighted by molar-refractivity contribution is 6.30. The molecule has 0 unspecified atom stereocenters. The first-order valence-corrected chi connectivity index (χ1v) is 12.3. The molecule has 1 atom stereocenters. The number of ether oxygens (including phenoxy) is 2. The molecule has 2 heterocycles. The molecule has 7 heteroatoms. The van der Waals surface area contributed by atoms with E-state index in [4.69, 9.17) is 26.1 Å². The maximum atomic E-state index is 12.9. The lowest BCUT2D eigenvalue weighted by Gasteiger charge is -2.18. The summed E-state index contributed by atoms with van der Waals surface area (Å²) in [5, 5.41) is 0.702. The van der Waals surface area contributed by atoms with Crippen LogP contribution in [0.2, 0.25) is 5.02 Å². The summed E-state index contributed by atoms with van der Waals surface area (Å²) < 4.78 is 13.4. The van der Waals surface area contributed by atoms with E-state index in [1.54, 1.807) is 7.11 Å². The molecule has 0 aliphatic carbocycles. The molecule has 0 radical (unpaired) electrons. The summed E-state index contributed by atoms with van der Waals surface area (Å²) in [6.45, 7) is 2.08. The lowest BCUT2D eigenvalue weighted by Crippen LogP contribution is -2.24. The Balaban J connectivity index is 1.28. The van der Waals surface area contributed by atoms with Gasteiger partial charge in [-0.2, -0.15) is 0 Å². The van der Waals surface area contributed by atoms with Crippen LogP contribution in [0.3, 0.4) is 0 Å². The Morgan fingerprint density at radius 2 is 1.71 bits per heavy atom. The first-order chi connectivity index (χ1) is 17.1. The summed E-state index contributed by atoms with van der Waals surface area (Å²) in [5.74, 6) is 2.75. The fourth-order valence-electron chi connectivity index (χ4n) is 4.63. The third-order valence-electron chi connectivity index (χ3n) is 6.42. The van der Waals surface area contributed by atoms with Crippen LogP contribution < -0.4 is 14.4 Å². The van der Waals surface area contributed by atoms with Crippen LogP contribution >= 0.6 is 11.6 Å². The Labute approximate surface area is 210 Å². The van der Waals surface area contributed by atoms with Gasteiger partial charge >= 0.3 is 0 Å². The Hall–Kier alpha value is -3.51. The van der Waals surface area contributed by atoms with E-state index in [0.29, 0.717) is 24.6 Å². The molecule has 4 aromatic rings. The number of carbonyl (C=O) groups is 1. The van der Waals surface area contributed by atoms with E-state index in [2.05, 4.69) is 10.6 Å². The molecule has 1 aromatic heterocycles. The minimum atomic E-state index is 0.0438. The van der Waals surface area contributed by atoms with Gasteiger partial charge in [0.05, 0.1) is 24.8 Å². The summed E-state index contributed by atoms with van der Waals surface area (Å²) >= 11 is 5.94. The predicted molar refractivity (Wildman–Crippen MR) is 139 cm³/mol. The van der Waals surface area contributed by atoms with Gasteiger partial charge in [0.2, 0.25) is 5.91 Å². The van der Waals surface area contributed by atoms with Crippen molar-refractivity contribution in [3.8, 4) is 11.5 Å². The molecule has 0 spiro atoms. The quantitative estimate of drug-likeness (QED) is 0.267. The fraction of sp³-hybridized carbons (Fsp3) is 0.286. The van der Waals surface area contributed by atoms with Crippen molar-refractivity contribution in [2.24, 2.45) is 0 Å². The standard InChI is InChI=1S/C28H28ClN3O3/c1-34-23-14-10-22(11-15-23)32-19-20(18-27(32)33)28-30-25-6-2-3-7-26(25)31(28)16-4-5-17-35-24-12-8-21(29)9-13-24/h2-3,6-15,20H,4-5,16-19H2,1H3/t20-/m0/s1. The number of nitrogens with zero attached hydrogens (tertiary/aromatic N) is 3. The molecular formula is C28H28ClN3O3. The first kappa shape index (κ1) is 23.2. The van der Waals surface area contributed by atoms with Crippen molar-refractivity contribution < 1.29 is 14.3 Å². The Kier molecular flexibility index (Phi) is 6.91. The van der Waals surface area contributed by atoms with Crippen molar-refractivity contribution in [2.45, 2.75) is 31.7 Å². The van der Waals surface area contributed by atoms with Crippen molar-refractivity contribution in [2.75, 3.05) is 25.2 Å². The van der Waals surface area contributed by atoms with Gasteiger partial charge in [-0.15, -0.1) is 0 Å². The summed E-state index contributed by atoms with van der Waals surface area (Å²) in [5.41, 5.74) is 2.96. The van der Waals surface area contributed by atoms with Crippen molar-refractivity contribution >= 4 is 34.2 Å². The summed E-state index contributed by atoms with van der Waals surface area (Å²) in [4.78, 5) is 19.7. The van der Waals surface area contributed by atoms with E-state index in [9.17, 15) is 4.79 Å². The van der Waals surface area contributed by atoms with Gasteiger partial charge in [0.1, 0.15) is 17.3 Å². The van der Waals surface area contributed by atoms with Crippen molar-refractivity contribution in [3.05, 3.63) is 83.6 Å². The van der Waals surface area contributed by atoms with Gasteiger partial charge in [-0.1, -0.05) is 23.7 Å². The minimum Gasteiger partial charge on any atom is -0.497 e. The Morgan fingerprint density at radius 3 is 2.49 bits per heavy atom. The molecule has 0 N–H and O–H groups in total. The Morgan fingerprint density at radius 1 is 0.971 bits per heavy atom. The summed E-state index contributed by atoms with van der Waals surface area (Å²) in [6, 6.07) is 23.3. The van der Waals surface area contributed by atoms with Crippen LogP contribution in [0.1, 0.15) is 31.0 Å². The topological polar surface area (TPSA) is 56.6 Å². The first-order valence-electron chi connectivity index (χ1n) is 11.9. The normalized spacial score (nSPS) is 15.7. The molecule has 1 fully saturated rings. The maximum Gasteiger partial charge on any atom is 0.227 e. The number of imidazole rings is 1. The van der Waals surface area contributed by atoms with Crippen molar-refractivity contribution in [1.82, 2.24) is 9.55 Å². The van der Waals surface area contributed by atoms with Crippen LogP contribution in [0.15, 0.2) is 72.8 Å². The molecule has 1 saturated heterocycles. The van der Waals surface area contributed by atoms with Crippen LogP contribution in [-0.4, -0.2) is 35.7 Å². The van der Waals surface area contributed by atoms with E-state index >= 15 is 0 Å². The third-order valence-corrected chi connectivity index (χ3v) is 6.67. The number of amides is 1. The lowest BCUT2D eigenvalue weighted by molar-refractivity contribution is -0.117. The molecule has 0 saturated carbocycles. The van der Waals surface area contributed by atoms with Gasteiger partial charge in [0.15, 0.2) is 0 Å². The zero-order chi connectivity index (χ0) is 24.2. The van der Waals surface area contributed by atoms with Crippen molar-refractivity contribution in [3.63, 3.8) is 0 Å². The monoisotopic (exact) mass is 489 g/mol. The second-order valence-electron chi connectivity index (χ2n) is 8.72. The molecule has 35 heavy (non-hydrogen) atoms. The van der Waals surface area contributed by atoms with E-state index in [1.807, 2.05) is 71.6 Å². The molecule has 0 bridgehead atoms. The third kappa shape index (κ3) is 5.13. The Bertz CT molecular complexity index is 1300. The van der Waals surface area contributed by atoms with Gasteiger partial charge in [0, 0.05) is 36.1 Å². The minimum absolute atomic E-state index is 0.0438. The van der Waals surface area contributed by atoms with Crippen LogP contribution in [0.25, 0.3) is 11.0 Å². The molecule has 6 nitrogen and oxygen atoms in total. The number of aryl methyl sites for hydroxylation is 1. The number of fused-ring (bicyclic) bond motifs is 1. The fourth-order valence-corrected chi connectivity index (χ4v) is 4.75. The number of hydrogen-bond acceptors (Lipinski definition) is 4. The number of benzene rings is 3. The van der Waals surface area contributed by atoms with Gasteiger partial charge < -0.3 is 18.9 Å². The number of carbonyl (C=O) groups excluding carboxylic acids is 1. The van der Waals surface area contributed by atoms with Gasteiger partial charge in [0.25, 0.3) is 0 Å². The van der Waals surface area contributed by atoms with Crippen LogP contribution in [0.4, 0.5) is 5.69 Å². The SMILES string of the molecule is COc1ccc(N2C[C@@H](c3nc4ccccc4n3CCCCOc3ccc(Cl)cc3)CC2=O)cc1. The van der Waals surface area contributed by atoms with E-state index in [1.165, 1.54) is 0 Å². The van der Waals surface area contributed by atoms with Gasteiger partial charge in [-0.3, -0.25) is 4.79 Å². The number of para-hydroxylation sites is 2. The van der Waals surface area contributed by atoms with E-state index in [-0.39, 0.29) is 11.8 Å². The number of hydrogen-bond donors (Lipinski definition) is 0. The van der Waals surface area contributed by atoms with E-state index < -0.39 is 0 Å². The molecule has 180 valence electrons. The van der Waals surface area contributed by atoms with Crippen LogP contribution in [0.5, 0.6) is 11.5 Å². The van der Waals surface area contributed by atoms with Crippen molar-refractivity contribution in [1.29, 1.82) is 0 Å². The zero-order valence-electron chi connectivity index (χ0n) is 19.7. The molecule has 3 aromatic carbocycles. The van der Waals surface area contributed by atoms with Gasteiger partial charge in [-0.25, -0.2) is 4.98 Å². The van der Waals surface area contributed by atoms with Crippen LogP contribution in [-0.2, 0) is 11.3 Å². The number of aromatic nitrogens is 2. The highest BCUT2D eigenvalue weighted by Gasteiger charge is 2.34. The largest absolute Gasteiger partial charge is 0.497 e. The number of halogens is 1. The summed E-state index contributed by atoms with van der Waals surface area (Å²) in [6.07, 6.45) is 2.31.